The van der Waals surface area contributed by atoms with Crippen LogP contribution in [0.2, 0.25) is 0 Å². The zero-order valence-electron chi connectivity index (χ0n) is 14.9. The Balaban J connectivity index is 1.31. The minimum atomic E-state index is -0.341. The van der Waals surface area contributed by atoms with Crippen molar-refractivity contribution in [3.05, 3.63) is 84.2 Å². The van der Waals surface area contributed by atoms with Crippen molar-refractivity contribution in [1.82, 2.24) is 14.7 Å². The first kappa shape index (κ1) is 17.0. The molecule has 1 atom stereocenters. The molecular formula is C22H25N3O. The van der Waals surface area contributed by atoms with E-state index in [9.17, 15) is 5.11 Å². The Hall–Kier alpha value is -2.43. The van der Waals surface area contributed by atoms with Crippen LogP contribution >= 0.6 is 0 Å². The normalized spacial score (nSPS) is 17.3. The van der Waals surface area contributed by atoms with Gasteiger partial charge in [-0.05, 0) is 61.2 Å². The molecule has 26 heavy (non-hydrogen) atoms. The van der Waals surface area contributed by atoms with Crippen LogP contribution in [0.4, 0.5) is 0 Å². The molecule has 134 valence electrons. The maximum atomic E-state index is 10.6. The Bertz CT molecular complexity index is 791. The molecule has 0 aliphatic carbocycles. The van der Waals surface area contributed by atoms with Gasteiger partial charge in [-0.3, -0.25) is 4.90 Å². The predicted octanol–water partition coefficient (Wildman–Crippen LogP) is 3.82. The summed E-state index contributed by atoms with van der Waals surface area (Å²) in [6, 6.07) is 20.6. The molecule has 0 radical (unpaired) electrons. The fraction of sp³-hybridized carbons (Fsp3) is 0.318. The first-order valence-electron chi connectivity index (χ1n) is 9.34. The van der Waals surface area contributed by atoms with Gasteiger partial charge in [0.25, 0.3) is 0 Å². The van der Waals surface area contributed by atoms with Crippen molar-refractivity contribution in [2.45, 2.75) is 25.5 Å². The van der Waals surface area contributed by atoms with Crippen LogP contribution in [-0.2, 0) is 6.54 Å². The minimum absolute atomic E-state index is 0.341. The third-order valence-corrected chi connectivity index (χ3v) is 5.33. The van der Waals surface area contributed by atoms with Crippen LogP contribution in [0.3, 0.4) is 0 Å². The van der Waals surface area contributed by atoms with Gasteiger partial charge in [0, 0.05) is 18.9 Å². The van der Waals surface area contributed by atoms with E-state index in [1.807, 2.05) is 47.3 Å². The van der Waals surface area contributed by atoms with E-state index >= 15 is 0 Å². The van der Waals surface area contributed by atoms with Crippen LogP contribution in [0, 0.1) is 5.92 Å². The summed E-state index contributed by atoms with van der Waals surface area (Å²) in [6.45, 7) is 3.04. The van der Waals surface area contributed by atoms with Crippen LogP contribution in [0.5, 0.6) is 0 Å². The van der Waals surface area contributed by atoms with Gasteiger partial charge in [-0.2, -0.15) is 5.10 Å². The molecule has 1 aromatic heterocycles. The fourth-order valence-electron chi connectivity index (χ4n) is 3.78. The first-order valence-corrected chi connectivity index (χ1v) is 9.34. The van der Waals surface area contributed by atoms with Gasteiger partial charge in [0.15, 0.2) is 0 Å². The van der Waals surface area contributed by atoms with E-state index in [1.54, 1.807) is 6.20 Å². The predicted molar refractivity (Wildman–Crippen MR) is 103 cm³/mol. The average molecular weight is 347 g/mol. The Labute approximate surface area is 154 Å². The minimum Gasteiger partial charge on any atom is -0.388 e. The number of likely N-dealkylation sites (tertiary alicyclic amines) is 1. The van der Waals surface area contributed by atoms with E-state index in [2.05, 4.69) is 34.3 Å². The SMILES string of the molecule is O[C@H](c1ccccc1)C1CCN(Cc2ccc(-n3cccn3)cc2)CC1. The Morgan fingerprint density at radius 2 is 1.69 bits per heavy atom. The van der Waals surface area contributed by atoms with Gasteiger partial charge in [-0.25, -0.2) is 4.68 Å². The summed E-state index contributed by atoms with van der Waals surface area (Å²) < 4.78 is 1.88. The van der Waals surface area contributed by atoms with Gasteiger partial charge in [-0.1, -0.05) is 42.5 Å². The number of aliphatic hydroxyl groups is 1. The van der Waals surface area contributed by atoms with Crippen molar-refractivity contribution in [3.63, 3.8) is 0 Å². The molecule has 1 N–H and O–H groups in total. The van der Waals surface area contributed by atoms with E-state index < -0.39 is 0 Å². The molecule has 3 aromatic rings. The van der Waals surface area contributed by atoms with E-state index in [0.29, 0.717) is 5.92 Å². The molecule has 0 spiro atoms. The van der Waals surface area contributed by atoms with Gasteiger partial charge in [0.05, 0.1) is 11.8 Å². The molecule has 1 saturated heterocycles. The Kier molecular flexibility index (Phi) is 5.14. The van der Waals surface area contributed by atoms with Crippen molar-refractivity contribution in [1.29, 1.82) is 0 Å². The highest BCUT2D eigenvalue weighted by atomic mass is 16.3. The summed E-state index contributed by atoms with van der Waals surface area (Å²) in [6.07, 6.45) is 5.49. The van der Waals surface area contributed by atoms with E-state index in [-0.39, 0.29) is 6.10 Å². The van der Waals surface area contributed by atoms with Crippen LogP contribution < -0.4 is 0 Å². The maximum absolute atomic E-state index is 10.6. The molecule has 2 aromatic carbocycles. The number of benzene rings is 2. The molecule has 2 heterocycles. The first-order chi connectivity index (χ1) is 12.8. The zero-order chi connectivity index (χ0) is 17.8. The lowest BCUT2D eigenvalue weighted by Crippen LogP contribution is -2.35. The number of hydrogen-bond acceptors (Lipinski definition) is 3. The molecule has 1 fully saturated rings. The van der Waals surface area contributed by atoms with Gasteiger partial charge in [0.1, 0.15) is 0 Å². The van der Waals surface area contributed by atoms with Crippen LogP contribution in [-0.4, -0.2) is 32.9 Å². The molecule has 4 heteroatoms. The summed E-state index contributed by atoms with van der Waals surface area (Å²) in [4.78, 5) is 2.48. The standard InChI is InChI=1S/C22H25N3O/c26-22(19-5-2-1-3-6-19)20-11-15-24(16-12-20)17-18-7-9-21(10-8-18)25-14-4-13-23-25/h1-10,13-14,20,22,26H,11-12,15-17H2/t22-/m1/s1. The number of hydrogen-bond donors (Lipinski definition) is 1. The molecule has 0 saturated carbocycles. The van der Waals surface area contributed by atoms with Crippen molar-refractivity contribution in [2.24, 2.45) is 5.92 Å². The third-order valence-electron chi connectivity index (χ3n) is 5.33. The highest BCUT2D eigenvalue weighted by Gasteiger charge is 2.26. The molecule has 1 aliphatic heterocycles. The monoisotopic (exact) mass is 347 g/mol. The zero-order valence-corrected chi connectivity index (χ0v) is 14.9. The maximum Gasteiger partial charge on any atom is 0.0819 e. The lowest BCUT2D eigenvalue weighted by Gasteiger charge is -2.34. The number of nitrogens with zero attached hydrogens (tertiary/aromatic N) is 3. The second-order valence-electron chi connectivity index (χ2n) is 7.09. The quantitative estimate of drug-likeness (QED) is 0.763. The van der Waals surface area contributed by atoms with Crippen molar-refractivity contribution >= 4 is 0 Å². The van der Waals surface area contributed by atoms with Crippen LogP contribution in [0.25, 0.3) is 5.69 Å². The molecular weight excluding hydrogens is 322 g/mol. The van der Waals surface area contributed by atoms with Gasteiger partial charge >= 0.3 is 0 Å². The van der Waals surface area contributed by atoms with Gasteiger partial charge in [-0.15, -0.1) is 0 Å². The summed E-state index contributed by atoms with van der Waals surface area (Å²) in [5.74, 6) is 0.357. The largest absolute Gasteiger partial charge is 0.388 e. The second-order valence-corrected chi connectivity index (χ2v) is 7.09. The molecule has 0 amide bonds. The topological polar surface area (TPSA) is 41.3 Å². The fourth-order valence-corrected chi connectivity index (χ4v) is 3.78. The van der Waals surface area contributed by atoms with E-state index in [0.717, 1.165) is 43.7 Å². The highest BCUT2D eigenvalue weighted by molar-refractivity contribution is 5.33. The number of aliphatic hydroxyl groups excluding tert-OH is 1. The number of aromatic nitrogens is 2. The molecule has 0 bridgehead atoms. The van der Waals surface area contributed by atoms with Gasteiger partial charge in [0.2, 0.25) is 0 Å². The lowest BCUT2D eigenvalue weighted by atomic mass is 9.87. The van der Waals surface area contributed by atoms with E-state index in [1.165, 1.54) is 5.56 Å². The van der Waals surface area contributed by atoms with Crippen LogP contribution in [0.1, 0.15) is 30.1 Å². The highest BCUT2D eigenvalue weighted by Crippen LogP contribution is 2.31. The second kappa shape index (κ2) is 7.85. The molecule has 4 nitrogen and oxygen atoms in total. The molecule has 1 aliphatic rings. The Morgan fingerprint density at radius 1 is 0.962 bits per heavy atom. The average Bonchev–Trinajstić information content (AvgIpc) is 3.24. The summed E-state index contributed by atoms with van der Waals surface area (Å²) in [5, 5.41) is 14.9. The van der Waals surface area contributed by atoms with Crippen molar-refractivity contribution < 1.29 is 5.11 Å². The third kappa shape index (κ3) is 3.87. The smallest absolute Gasteiger partial charge is 0.0819 e. The van der Waals surface area contributed by atoms with Crippen LogP contribution in [0.15, 0.2) is 73.1 Å². The lowest BCUT2D eigenvalue weighted by molar-refractivity contribution is 0.0568. The van der Waals surface area contributed by atoms with Crippen molar-refractivity contribution in [2.75, 3.05) is 13.1 Å². The summed E-state index contributed by atoms with van der Waals surface area (Å²) >= 11 is 0. The summed E-state index contributed by atoms with van der Waals surface area (Å²) in [7, 11) is 0. The Morgan fingerprint density at radius 3 is 2.35 bits per heavy atom. The van der Waals surface area contributed by atoms with E-state index in [4.69, 9.17) is 0 Å². The number of rotatable bonds is 5. The summed E-state index contributed by atoms with van der Waals surface area (Å²) in [5.41, 5.74) is 3.45. The van der Waals surface area contributed by atoms with Gasteiger partial charge < -0.3 is 5.11 Å². The molecule has 4 rings (SSSR count). The van der Waals surface area contributed by atoms with Crippen molar-refractivity contribution in [3.8, 4) is 5.69 Å². The molecule has 0 unspecified atom stereocenters. The number of piperidine rings is 1.